The van der Waals surface area contributed by atoms with Crippen LogP contribution in [0.25, 0.3) is 44.1 Å². The highest BCUT2D eigenvalue weighted by molar-refractivity contribution is 6.08. The lowest BCUT2D eigenvalue weighted by molar-refractivity contribution is 0.869. The standard InChI is InChI=1S/C31H23N/c1-3-11-24(12-4-1)26-19-23(20-27(21-26)25-13-5-2-6-14-25)22-32-30-17-9-7-15-28(30)29-16-8-10-18-31(29)32/h1-21H,22H2. The summed E-state index contributed by atoms with van der Waals surface area (Å²) >= 11 is 0. The number of rotatable bonds is 4. The fourth-order valence-electron chi connectivity index (χ4n) is 4.73. The fourth-order valence-corrected chi connectivity index (χ4v) is 4.73. The van der Waals surface area contributed by atoms with E-state index in [2.05, 4.69) is 132 Å². The van der Waals surface area contributed by atoms with E-state index < -0.39 is 0 Å². The third-order valence-electron chi connectivity index (χ3n) is 6.23. The molecule has 0 saturated heterocycles. The second-order valence-electron chi connectivity index (χ2n) is 8.27. The molecule has 0 N–H and O–H groups in total. The molecule has 1 heteroatoms. The Labute approximate surface area is 188 Å². The molecule has 0 amide bonds. The number of benzene rings is 5. The van der Waals surface area contributed by atoms with E-state index in [0.29, 0.717) is 0 Å². The maximum atomic E-state index is 2.45. The lowest BCUT2D eigenvalue weighted by Crippen LogP contribution is -2.00. The third kappa shape index (κ3) is 3.29. The Balaban J connectivity index is 1.55. The van der Waals surface area contributed by atoms with Gasteiger partial charge in [0.05, 0.1) is 0 Å². The molecule has 0 fully saturated rings. The molecule has 32 heavy (non-hydrogen) atoms. The Morgan fingerprint density at radius 3 is 1.34 bits per heavy atom. The van der Waals surface area contributed by atoms with Crippen LogP contribution in [0, 0.1) is 0 Å². The van der Waals surface area contributed by atoms with Crippen LogP contribution in [-0.4, -0.2) is 4.57 Å². The average molecular weight is 410 g/mol. The summed E-state index contributed by atoms with van der Waals surface area (Å²) < 4.78 is 2.45. The summed E-state index contributed by atoms with van der Waals surface area (Å²) in [4.78, 5) is 0. The van der Waals surface area contributed by atoms with E-state index in [1.807, 2.05) is 0 Å². The molecular formula is C31H23N. The number of hydrogen-bond donors (Lipinski definition) is 0. The first kappa shape index (κ1) is 18.7. The molecule has 152 valence electrons. The van der Waals surface area contributed by atoms with Gasteiger partial charge in [-0.15, -0.1) is 0 Å². The molecule has 0 saturated carbocycles. The highest BCUT2D eigenvalue weighted by Crippen LogP contribution is 2.32. The molecule has 1 nitrogen and oxygen atoms in total. The Morgan fingerprint density at radius 1 is 0.406 bits per heavy atom. The van der Waals surface area contributed by atoms with Crippen molar-refractivity contribution in [1.82, 2.24) is 4.57 Å². The molecule has 0 bridgehead atoms. The summed E-state index contributed by atoms with van der Waals surface area (Å²) in [6, 6.07) is 45.8. The molecule has 0 unspecified atom stereocenters. The zero-order chi connectivity index (χ0) is 21.3. The third-order valence-corrected chi connectivity index (χ3v) is 6.23. The Morgan fingerprint density at radius 2 is 0.844 bits per heavy atom. The van der Waals surface area contributed by atoms with E-state index in [9.17, 15) is 0 Å². The predicted molar refractivity (Wildman–Crippen MR) is 136 cm³/mol. The number of aromatic nitrogens is 1. The van der Waals surface area contributed by atoms with Crippen molar-refractivity contribution in [3.63, 3.8) is 0 Å². The number of fused-ring (bicyclic) bond motifs is 3. The van der Waals surface area contributed by atoms with Crippen molar-refractivity contribution in [2.24, 2.45) is 0 Å². The van der Waals surface area contributed by atoms with Crippen molar-refractivity contribution in [2.75, 3.05) is 0 Å². The van der Waals surface area contributed by atoms with E-state index in [4.69, 9.17) is 0 Å². The highest BCUT2D eigenvalue weighted by atomic mass is 15.0. The minimum atomic E-state index is 0.828. The molecule has 0 atom stereocenters. The molecule has 6 aromatic rings. The first-order valence-electron chi connectivity index (χ1n) is 11.1. The summed E-state index contributed by atoms with van der Waals surface area (Å²) in [6.07, 6.45) is 0. The van der Waals surface area contributed by atoms with Gasteiger partial charge in [0.25, 0.3) is 0 Å². The van der Waals surface area contributed by atoms with Gasteiger partial charge in [0.15, 0.2) is 0 Å². The van der Waals surface area contributed by atoms with Gasteiger partial charge in [0.1, 0.15) is 0 Å². The summed E-state index contributed by atoms with van der Waals surface area (Å²) in [7, 11) is 0. The van der Waals surface area contributed by atoms with Gasteiger partial charge in [-0.2, -0.15) is 0 Å². The van der Waals surface area contributed by atoms with E-state index in [1.54, 1.807) is 0 Å². The Bertz CT molecular complexity index is 1410. The SMILES string of the molecule is c1ccc(-c2cc(Cn3c4ccccc4c4ccccc43)cc(-c3ccccc3)c2)cc1. The first-order valence-corrected chi connectivity index (χ1v) is 11.1. The van der Waals surface area contributed by atoms with Crippen LogP contribution in [0.4, 0.5) is 0 Å². The molecular weight excluding hydrogens is 386 g/mol. The van der Waals surface area contributed by atoms with E-state index in [-0.39, 0.29) is 0 Å². The molecule has 1 heterocycles. The molecule has 6 rings (SSSR count). The van der Waals surface area contributed by atoms with E-state index in [1.165, 1.54) is 49.6 Å². The van der Waals surface area contributed by atoms with Gasteiger partial charge in [-0.05, 0) is 58.1 Å². The van der Waals surface area contributed by atoms with Crippen molar-refractivity contribution in [3.8, 4) is 22.3 Å². The van der Waals surface area contributed by atoms with E-state index >= 15 is 0 Å². The topological polar surface area (TPSA) is 4.93 Å². The Hall–Kier alpha value is -4.10. The summed E-state index contributed by atoms with van der Waals surface area (Å²) in [5.41, 5.74) is 8.85. The first-order chi connectivity index (χ1) is 15.9. The summed E-state index contributed by atoms with van der Waals surface area (Å²) in [6.45, 7) is 0.828. The molecule has 1 aromatic heterocycles. The summed E-state index contributed by atoms with van der Waals surface area (Å²) in [5, 5.41) is 2.62. The molecule has 5 aromatic carbocycles. The van der Waals surface area contributed by atoms with Gasteiger partial charge in [0.2, 0.25) is 0 Å². The predicted octanol–water partition coefficient (Wildman–Crippen LogP) is 8.18. The van der Waals surface area contributed by atoms with Crippen LogP contribution in [0.15, 0.2) is 127 Å². The van der Waals surface area contributed by atoms with Gasteiger partial charge in [-0.1, -0.05) is 97.1 Å². The van der Waals surface area contributed by atoms with Crippen LogP contribution in [0.2, 0.25) is 0 Å². The maximum Gasteiger partial charge on any atom is 0.0494 e. The van der Waals surface area contributed by atoms with Crippen LogP contribution in [-0.2, 0) is 6.54 Å². The number of nitrogens with zero attached hydrogens (tertiary/aromatic N) is 1. The van der Waals surface area contributed by atoms with Crippen molar-refractivity contribution in [2.45, 2.75) is 6.54 Å². The largest absolute Gasteiger partial charge is 0.336 e. The Kier molecular flexibility index (Phi) is 4.58. The molecule has 0 radical (unpaired) electrons. The van der Waals surface area contributed by atoms with Crippen molar-refractivity contribution < 1.29 is 0 Å². The second-order valence-corrected chi connectivity index (χ2v) is 8.27. The summed E-state index contributed by atoms with van der Waals surface area (Å²) in [5.74, 6) is 0. The minimum Gasteiger partial charge on any atom is -0.336 e. The van der Waals surface area contributed by atoms with Crippen molar-refractivity contribution >= 4 is 21.8 Å². The van der Waals surface area contributed by atoms with Crippen LogP contribution in [0.1, 0.15) is 5.56 Å². The van der Waals surface area contributed by atoms with Gasteiger partial charge in [0, 0.05) is 28.4 Å². The van der Waals surface area contributed by atoms with Crippen molar-refractivity contribution in [1.29, 1.82) is 0 Å². The zero-order valence-electron chi connectivity index (χ0n) is 17.8. The van der Waals surface area contributed by atoms with Gasteiger partial charge >= 0.3 is 0 Å². The van der Waals surface area contributed by atoms with Gasteiger partial charge in [-0.25, -0.2) is 0 Å². The minimum absolute atomic E-state index is 0.828. The fraction of sp³-hybridized carbons (Fsp3) is 0.0323. The number of hydrogen-bond acceptors (Lipinski definition) is 0. The lowest BCUT2D eigenvalue weighted by atomic mass is 9.96. The van der Waals surface area contributed by atoms with Crippen LogP contribution < -0.4 is 0 Å². The molecule has 0 spiro atoms. The normalized spacial score (nSPS) is 11.2. The monoisotopic (exact) mass is 409 g/mol. The average Bonchev–Trinajstić information content (AvgIpc) is 3.19. The number of para-hydroxylation sites is 2. The molecule has 0 aliphatic carbocycles. The van der Waals surface area contributed by atoms with Crippen molar-refractivity contribution in [3.05, 3.63) is 133 Å². The quantitative estimate of drug-likeness (QED) is 0.277. The zero-order valence-corrected chi connectivity index (χ0v) is 17.8. The van der Waals surface area contributed by atoms with E-state index in [0.717, 1.165) is 6.54 Å². The maximum absolute atomic E-state index is 2.45. The van der Waals surface area contributed by atoms with Gasteiger partial charge < -0.3 is 4.57 Å². The van der Waals surface area contributed by atoms with Crippen LogP contribution in [0.3, 0.4) is 0 Å². The highest BCUT2D eigenvalue weighted by Gasteiger charge is 2.12. The lowest BCUT2D eigenvalue weighted by Gasteiger charge is -2.13. The smallest absolute Gasteiger partial charge is 0.0494 e. The van der Waals surface area contributed by atoms with Crippen LogP contribution in [0.5, 0.6) is 0 Å². The second kappa shape index (κ2) is 7.86. The molecule has 0 aliphatic rings. The van der Waals surface area contributed by atoms with Crippen LogP contribution >= 0.6 is 0 Å². The van der Waals surface area contributed by atoms with Gasteiger partial charge in [-0.3, -0.25) is 0 Å². The molecule has 0 aliphatic heterocycles.